The molecule has 0 aromatic heterocycles. The Kier molecular flexibility index (Phi) is 5.85. The summed E-state index contributed by atoms with van der Waals surface area (Å²) in [6, 6.07) is 6.66. The first kappa shape index (κ1) is 15.0. The van der Waals surface area contributed by atoms with E-state index in [1.165, 1.54) is 0 Å². The van der Waals surface area contributed by atoms with Crippen LogP contribution in [0.2, 0.25) is 0 Å². The van der Waals surface area contributed by atoms with Crippen LogP contribution < -0.4 is 15.8 Å². The van der Waals surface area contributed by atoms with Crippen molar-refractivity contribution in [3.63, 3.8) is 0 Å². The number of hydrogen-bond acceptors (Lipinski definition) is 3. The molecule has 0 aliphatic carbocycles. The summed E-state index contributed by atoms with van der Waals surface area (Å²) in [5.41, 5.74) is 5.49. The highest BCUT2D eigenvalue weighted by atomic mass is 16.5. The molecule has 0 fully saturated rings. The standard InChI is InChI=1S/C14H20N2O3/c1-10(2)6-7-16-14(18)11-4-3-5-12(8-11)19-9-13(15)17/h3-5,8,10H,6-7,9H2,1-2H3,(H2,15,17)(H,16,18). The van der Waals surface area contributed by atoms with Gasteiger partial charge in [-0.25, -0.2) is 0 Å². The van der Waals surface area contributed by atoms with Crippen molar-refractivity contribution in [1.29, 1.82) is 0 Å². The van der Waals surface area contributed by atoms with Crippen LogP contribution >= 0.6 is 0 Å². The predicted octanol–water partition coefficient (Wildman–Crippen LogP) is 1.33. The molecule has 0 radical (unpaired) electrons. The van der Waals surface area contributed by atoms with Crippen LogP contribution in [-0.4, -0.2) is 25.0 Å². The van der Waals surface area contributed by atoms with Gasteiger partial charge in [-0.2, -0.15) is 0 Å². The summed E-state index contributed by atoms with van der Waals surface area (Å²) in [6.07, 6.45) is 0.934. The molecule has 0 saturated heterocycles. The first-order chi connectivity index (χ1) is 8.99. The molecule has 0 aliphatic rings. The Balaban J connectivity index is 2.55. The monoisotopic (exact) mass is 264 g/mol. The molecular formula is C14H20N2O3. The van der Waals surface area contributed by atoms with Crippen LogP contribution in [0.1, 0.15) is 30.6 Å². The number of ether oxygens (including phenoxy) is 1. The van der Waals surface area contributed by atoms with Gasteiger partial charge in [0.25, 0.3) is 11.8 Å². The van der Waals surface area contributed by atoms with E-state index in [9.17, 15) is 9.59 Å². The third kappa shape index (κ3) is 5.90. The fourth-order valence-corrected chi connectivity index (χ4v) is 1.46. The first-order valence-corrected chi connectivity index (χ1v) is 6.28. The SMILES string of the molecule is CC(C)CCNC(=O)c1cccc(OCC(N)=O)c1. The van der Waals surface area contributed by atoms with E-state index in [1.54, 1.807) is 24.3 Å². The quantitative estimate of drug-likeness (QED) is 0.779. The van der Waals surface area contributed by atoms with Crippen molar-refractivity contribution in [2.45, 2.75) is 20.3 Å². The third-order valence-electron chi connectivity index (χ3n) is 2.48. The van der Waals surface area contributed by atoms with Crippen molar-refractivity contribution >= 4 is 11.8 Å². The van der Waals surface area contributed by atoms with Crippen LogP contribution in [-0.2, 0) is 4.79 Å². The molecule has 5 nitrogen and oxygen atoms in total. The van der Waals surface area contributed by atoms with Gasteiger partial charge in [-0.1, -0.05) is 19.9 Å². The summed E-state index contributed by atoms with van der Waals surface area (Å²) < 4.78 is 5.15. The lowest BCUT2D eigenvalue weighted by Crippen LogP contribution is -2.25. The molecule has 0 heterocycles. The molecule has 0 bridgehead atoms. The molecule has 19 heavy (non-hydrogen) atoms. The molecule has 0 spiro atoms. The van der Waals surface area contributed by atoms with Crippen molar-refractivity contribution < 1.29 is 14.3 Å². The molecule has 3 N–H and O–H groups in total. The second-order valence-corrected chi connectivity index (χ2v) is 4.72. The molecule has 0 unspecified atom stereocenters. The number of carbonyl (C=O) groups is 2. The smallest absolute Gasteiger partial charge is 0.255 e. The summed E-state index contributed by atoms with van der Waals surface area (Å²) in [6.45, 7) is 4.65. The highest BCUT2D eigenvalue weighted by molar-refractivity contribution is 5.94. The number of nitrogens with one attached hydrogen (secondary N) is 1. The molecular weight excluding hydrogens is 244 g/mol. The van der Waals surface area contributed by atoms with E-state index >= 15 is 0 Å². The van der Waals surface area contributed by atoms with Crippen molar-refractivity contribution in [2.24, 2.45) is 11.7 Å². The Morgan fingerprint density at radius 3 is 2.74 bits per heavy atom. The van der Waals surface area contributed by atoms with Gasteiger partial charge in [0.15, 0.2) is 6.61 Å². The van der Waals surface area contributed by atoms with Gasteiger partial charge in [-0.3, -0.25) is 9.59 Å². The molecule has 104 valence electrons. The van der Waals surface area contributed by atoms with Crippen LogP contribution in [0.3, 0.4) is 0 Å². The number of rotatable bonds is 7. The minimum absolute atomic E-state index is 0.148. The topological polar surface area (TPSA) is 81.4 Å². The zero-order valence-electron chi connectivity index (χ0n) is 11.3. The molecule has 0 saturated carbocycles. The van der Waals surface area contributed by atoms with Gasteiger partial charge < -0.3 is 15.8 Å². The fourth-order valence-electron chi connectivity index (χ4n) is 1.46. The highest BCUT2D eigenvalue weighted by Gasteiger charge is 2.07. The van der Waals surface area contributed by atoms with Gasteiger partial charge in [-0.15, -0.1) is 0 Å². The second kappa shape index (κ2) is 7.41. The van der Waals surface area contributed by atoms with Crippen molar-refractivity contribution in [3.05, 3.63) is 29.8 Å². The van der Waals surface area contributed by atoms with Crippen LogP contribution in [0.4, 0.5) is 0 Å². The van der Waals surface area contributed by atoms with Crippen molar-refractivity contribution in [2.75, 3.05) is 13.2 Å². The summed E-state index contributed by atoms with van der Waals surface area (Å²) in [5.74, 6) is 0.304. The van der Waals surface area contributed by atoms with Gasteiger partial charge >= 0.3 is 0 Å². The van der Waals surface area contributed by atoms with Crippen molar-refractivity contribution in [3.8, 4) is 5.75 Å². The number of benzene rings is 1. The molecule has 0 aliphatic heterocycles. The number of nitrogens with two attached hydrogens (primary N) is 1. The van der Waals surface area contributed by atoms with E-state index in [1.807, 2.05) is 0 Å². The summed E-state index contributed by atoms with van der Waals surface area (Å²) in [5, 5.41) is 2.84. The Labute approximate surface area is 113 Å². The zero-order chi connectivity index (χ0) is 14.3. The van der Waals surface area contributed by atoms with E-state index in [4.69, 9.17) is 10.5 Å². The Morgan fingerprint density at radius 2 is 2.11 bits per heavy atom. The first-order valence-electron chi connectivity index (χ1n) is 6.28. The minimum Gasteiger partial charge on any atom is -0.484 e. The summed E-state index contributed by atoms with van der Waals surface area (Å²) in [4.78, 5) is 22.5. The van der Waals surface area contributed by atoms with Crippen molar-refractivity contribution in [1.82, 2.24) is 5.32 Å². The Morgan fingerprint density at radius 1 is 1.37 bits per heavy atom. The average molecular weight is 264 g/mol. The van der Waals surface area contributed by atoms with E-state index in [0.29, 0.717) is 23.8 Å². The summed E-state index contributed by atoms with van der Waals surface area (Å²) in [7, 11) is 0. The fraction of sp³-hybridized carbons (Fsp3) is 0.429. The maximum Gasteiger partial charge on any atom is 0.255 e. The maximum absolute atomic E-state index is 11.9. The van der Waals surface area contributed by atoms with E-state index in [0.717, 1.165) is 6.42 Å². The van der Waals surface area contributed by atoms with Crippen LogP contribution in [0.25, 0.3) is 0 Å². The van der Waals surface area contributed by atoms with Crippen LogP contribution in [0.15, 0.2) is 24.3 Å². The number of amides is 2. The van der Waals surface area contributed by atoms with E-state index in [-0.39, 0.29) is 12.5 Å². The lowest BCUT2D eigenvalue weighted by Gasteiger charge is -2.08. The summed E-state index contributed by atoms with van der Waals surface area (Å²) >= 11 is 0. The molecule has 1 aromatic rings. The lowest BCUT2D eigenvalue weighted by atomic mass is 10.1. The van der Waals surface area contributed by atoms with E-state index in [2.05, 4.69) is 19.2 Å². The highest BCUT2D eigenvalue weighted by Crippen LogP contribution is 2.13. The second-order valence-electron chi connectivity index (χ2n) is 4.72. The normalized spacial score (nSPS) is 10.3. The van der Waals surface area contributed by atoms with Crippen LogP contribution in [0, 0.1) is 5.92 Å². The number of carbonyl (C=O) groups excluding carboxylic acids is 2. The molecule has 0 atom stereocenters. The third-order valence-corrected chi connectivity index (χ3v) is 2.48. The van der Waals surface area contributed by atoms with Gasteiger partial charge in [-0.05, 0) is 30.5 Å². The van der Waals surface area contributed by atoms with Crippen LogP contribution in [0.5, 0.6) is 5.75 Å². The minimum atomic E-state index is -0.549. The number of primary amides is 1. The van der Waals surface area contributed by atoms with E-state index < -0.39 is 5.91 Å². The molecule has 5 heteroatoms. The Bertz CT molecular complexity index is 444. The van der Waals surface area contributed by atoms with Gasteiger partial charge in [0.1, 0.15) is 5.75 Å². The largest absolute Gasteiger partial charge is 0.484 e. The lowest BCUT2D eigenvalue weighted by molar-refractivity contribution is -0.119. The molecule has 1 aromatic carbocycles. The number of hydrogen-bond donors (Lipinski definition) is 2. The zero-order valence-corrected chi connectivity index (χ0v) is 11.3. The molecule has 1 rings (SSSR count). The average Bonchev–Trinajstić information content (AvgIpc) is 2.36. The van der Waals surface area contributed by atoms with Gasteiger partial charge in [0.05, 0.1) is 0 Å². The predicted molar refractivity (Wildman–Crippen MR) is 72.9 cm³/mol. The van der Waals surface area contributed by atoms with Gasteiger partial charge in [0, 0.05) is 12.1 Å². The van der Waals surface area contributed by atoms with Gasteiger partial charge in [0.2, 0.25) is 0 Å². The Hall–Kier alpha value is -2.04. The maximum atomic E-state index is 11.9. The molecule has 2 amide bonds.